The fourth-order valence-corrected chi connectivity index (χ4v) is 3.78. The maximum absolute atomic E-state index is 12.3. The van der Waals surface area contributed by atoms with E-state index in [0.717, 1.165) is 32.4 Å². The summed E-state index contributed by atoms with van der Waals surface area (Å²) < 4.78 is 5.54. The van der Waals surface area contributed by atoms with Crippen molar-refractivity contribution in [2.45, 2.75) is 71.6 Å². The van der Waals surface area contributed by atoms with Crippen LogP contribution in [-0.2, 0) is 4.74 Å². The fraction of sp³-hybridized carbons (Fsp3) is 0.722. The standard InChI is InChI=1S/C18H30N2O2S/c1-13-9-10-16(23-13)14(2)19-15-8-6-7-11-20(12-15)17(21)22-18(3,4)5/h9-10,14-15,19H,6-8,11-12H2,1-5H3. The van der Waals surface area contributed by atoms with Crippen molar-refractivity contribution in [3.05, 3.63) is 21.9 Å². The number of likely N-dealkylation sites (tertiary alicyclic amines) is 1. The molecule has 1 fully saturated rings. The Morgan fingerprint density at radius 2 is 2.13 bits per heavy atom. The molecule has 23 heavy (non-hydrogen) atoms. The van der Waals surface area contributed by atoms with Gasteiger partial charge in [-0.1, -0.05) is 6.42 Å². The van der Waals surface area contributed by atoms with Gasteiger partial charge in [-0.05, 0) is 59.6 Å². The molecule has 1 aliphatic heterocycles. The molecule has 0 aliphatic carbocycles. The molecule has 2 heterocycles. The second kappa shape index (κ2) is 7.67. The Hall–Kier alpha value is -1.07. The summed E-state index contributed by atoms with van der Waals surface area (Å²) in [4.78, 5) is 16.9. The molecule has 2 rings (SSSR count). The number of carbonyl (C=O) groups excluding carboxylic acids is 1. The first kappa shape index (κ1) is 18.3. The number of aryl methyl sites for hydroxylation is 1. The van der Waals surface area contributed by atoms with Crippen molar-refractivity contribution in [2.24, 2.45) is 0 Å². The second-order valence-corrected chi connectivity index (χ2v) is 8.78. The topological polar surface area (TPSA) is 41.6 Å². The highest BCUT2D eigenvalue weighted by atomic mass is 32.1. The average molecular weight is 339 g/mol. The molecular weight excluding hydrogens is 308 g/mol. The lowest BCUT2D eigenvalue weighted by molar-refractivity contribution is 0.0242. The molecule has 0 saturated carbocycles. The maximum atomic E-state index is 12.3. The van der Waals surface area contributed by atoms with Gasteiger partial charge < -0.3 is 15.0 Å². The summed E-state index contributed by atoms with van der Waals surface area (Å²) in [6.07, 6.45) is 3.11. The minimum absolute atomic E-state index is 0.189. The molecule has 130 valence electrons. The van der Waals surface area contributed by atoms with E-state index < -0.39 is 5.60 Å². The quantitative estimate of drug-likeness (QED) is 0.882. The van der Waals surface area contributed by atoms with Gasteiger partial charge >= 0.3 is 6.09 Å². The summed E-state index contributed by atoms with van der Waals surface area (Å²) in [7, 11) is 0. The van der Waals surface area contributed by atoms with Crippen molar-refractivity contribution < 1.29 is 9.53 Å². The highest BCUT2D eigenvalue weighted by molar-refractivity contribution is 7.12. The van der Waals surface area contributed by atoms with Crippen LogP contribution in [0.25, 0.3) is 0 Å². The monoisotopic (exact) mass is 338 g/mol. The van der Waals surface area contributed by atoms with Crippen LogP contribution >= 0.6 is 11.3 Å². The molecule has 0 bridgehead atoms. The second-order valence-electron chi connectivity index (χ2n) is 7.46. The lowest BCUT2D eigenvalue weighted by Gasteiger charge is -2.29. The molecule has 1 amide bonds. The van der Waals surface area contributed by atoms with Gasteiger partial charge in [0.1, 0.15) is 5.60 Å². The first-order valence-electron chi connectivity index (χ1n) is 8.55. The van der Waals surface area contributed by atoms with Gasteiger partial charge in [0, 0.05) is 34.9 Å². The predicted molar refractivity (Wildman–Crippen MR) is 96.1 cm³/mol. The van der Waals surface area contributed by atoms with E-state index in [-0.39, 0.29) is 6.09 Å². The SMILES string of the molecule is Cc1ccc(C(C)NC2CCCCN(C(=O)OC(C)(C)C)C2)s1. The lowest BCUT2D eigenvalue weighted by Crippen LogP contribution is -2.44. The van der Waals surface area contributed by atoms with Crippen molar-refractivity contribution in [2.75, 3.05) is 13.1 Å². The zero-order chi connectivity index (χ0) is 17.0. The molecular formula is C18H30N2O2S. The Bertz CT molecular complexity index is 521. The summed E-state index contributed by atoms with van der Waals surface area (Å²) in [6.45, 7) is 11.6. The minimum Gasteiger partial charge on any atom is -0.444 e. The van der Waals surface area contributed by atoms with E-state index in [2.05, 4.69) is 31.3 Å². The van der Waals surface area contributed by atoms with Crippen LogP contribution in [0.4, 0.5) is 4.79 Å². The summed E-state index contributed by atoms with van der Waals surface area (Å²) in [5.41, 5.74) is -0.436. The first-order valence-corrected chi connectivity index (χ1v) is 9.36. The van der Waals surface area contributed by atoms with Crippen LogP contribution in [0.5, 0.6) is 0 Å². The lowest BCUT2D eigenvalue weighted by atomic mass is 10.1. The summed E-state index contributed by atoms with van der Waals surface area (Å²) in [5, 5.41) is 3.70. The van der Waals surface area contributed by atoms with Crippen LogP contribution in [0, 0.1) is 6.92 Å². The van der Waals surface area contributed by atoms with Crippen molar-refractivity contribution in [1.82, 2.24) is 10.2 Å². The summed E-state index contributed by atoms with van der Waals surface area (Å²) in [6, 6.07) is 5.00. The highest BCUT2D eigenvalue weighted by Crippen LogP contribution is 2.24. The van der Waals surface area contributed by atoms with Crippen LogP contribution in [-0.4, -0.2) is 35.7 Å². The van der Waals surface area contributed by atoms with E-state index in [9.17, 15) is 4.79 Å². The van der Waals surface area contributed by atoms with Crippen LogP contribution in [0.15, 0.2) is 12.1 Å². The molecule has 5 heteroatoms. The maximum Gasteiger partial charge on any atom is 0.410 e. The molecule has 2 atom stereocenters. The van der Waals surface area contributed by atoms with Gasteiger partial charge in [0.2, 0.25) is 0 Å². The van der Waals surface area contributed by atoms with E-state index in [1.165, 1.54) is 9.75 Å². The zero-order valence-electron chi connectivity index (χ0n) is 15.0. The third-order valence-corrected chi connectivity index (χ3v) is 5.18. The Balaban J connectivity index is 1.95. The number of hydrogen-bond acceptors (Lipinski definition) is 4. The third-order valence-electron chi connectivity index (χ3n) is 4.00. The zero-order valence-corrected chi connectivity index (χ0v) is 15.8. The number of rotatable bonds is 3. The van der Waals surface area contributed by atoms with E-state index >= 15 is 0 Å². The normalized spacial score (nSPS) is 20.9. The Morgan fingerprint density at radius 3 is 2.74 bits per heavy atom. The number of thiophene rings is 1. The van der Waals surface area contributed by atoms with Gasteiger partial charge in [0.15, 0.2) is 0 Å². The van der Waals surface area contributed by atoms with E-state index in [1.54, 1.807) is 0 Å². The van der Waals surface area contributed by atoms with E-state index in [4.69, 9.17) is 4.74 Å². The molecule has 0 spiro atoms. The molecule has 1 aromatic heterocycles. The molecule has 1 aliphatic rings. The number of nitrogens with one attached hydrogen (secondary N) is 1. The molecule has 1 N–H and O–H groups in total. The van der Waals surface area contributed by atoms with Crippen LogP contribution in [0.1, 0.15) is 62.8 Å². The van der Waals surface area contributed by atoms with Crippen LogP contribution < -0.4 is 5.32 Å². The van der Waals surface area contributed by atoms with Crippen LogP contribution in [0.2, 0.25) is 0 Å². The summed E-state index contributed by atoms with van der Waals surface area (Å²) >= 11 is 1.84. The molecule has 0 aromatic carbocycles. The number of ether oxygens (including phenoxy) is 1. The molecule has 0 radical (unpaired) electrons. The first-order chi connectivity index (χ1) is 10.7. The highest BCUT2D eigenvalue weighted by Gasteiger charge is 2.27. The predicted octanol–water partition coefficient (Wildman–Crippen LogP) is 4.50. The van der Waals surface area contributed by atoms with Crippen molar-refractivity contribution in [1.29, 1.82) is 0 Å². The molecule has 4 nitrogen and oxygen atoms in total. The van der Waals surface area contributed by atoms with Gasteiger partial charge in [-0.15, -0.1) is 11.3 Å². The Morgan fingerprint density at radius 1 is 1.39 bits per heavy atom. The van der Waals surface area contributed by atoms with Crippen molar-refractivity contribution in [3.63, 3.8) is 0 Å². The molecule has 2 unspecified atom stereocenters. The van der Waals surface area contributed by atoms with Gasteiger partial charge in [0.05, 0.1) is 0 Å². The Kier molecular flexibility index (Phi) is 6.09. The minimum atomic E-state index is -0.436. The van der Waals surface area contributed by atoms with Gasteiger partial charge in [0.25, 0.3) is 0 Å². The van der Waals surface area contributed by atoms with Gasteiger partial charge in [-0.2, -0.15) is 0 Å². The van der Waals surface area contributed by atoms with Crippen molar-refractivity contribution >= 4 is 17.4 Å². The number of nitrogens with zero attached hydrogens (tertiary/aromatic N) is 1. The largest absolute Gasteiger partial charge is 0.444 e. The number of carbonyl (C=O) groups is 1. The number of hydrogen-bond donors (Lipinski definition) is 1. The fourth-order valence-electron chi connectivity index (χ4n) is 2.89. The Labute approximate surface area is 144 Å². The average Bonchev–Trinajstić information content (AvgIpc) is 2.73. The van der Waals surface area contributed by atoms with Crippen molar-refractivity contribution in [3.8, 4) is 0 Å². The van der Waals surface area contributed by atoms with Gasteiger partial charge in [-0.25, -0.2) is 4.79 Å². The molecule has 1 saturated heterocycles. The summed E-state index contributed by atoms with van der Waals surface area (Å²) in [5.74, 6) is 0. The van der Waals surface area contributed by atoms with E-state index in [0.29, 0.717) is 12.1 Å². The molecule has 1 aromatic rings. The third kappa shape index (κ3) is 5.81. The smallest absolute Gasteiger partial charge is 0.410 e. The van der Waals surface area contributed by atoms with Gasteiger partial charge in [-0.3, -0.25) is 0 Å². The van der Waals surface area contributed by atoms with E-state index in [1.807, 2.05) is 37.0 Å². The van der Waals surface area contributed by atoms with Crippen LogP contribution in [0.3, 0.4) is 0 Å². The number of amides is 1.